The van der Waals surface area contributed by atoms with Gasteiger partial charge in [-0.25, -0.2) is 4.39 Å². The van der Waals surface area contributed by atoms with E-state index in [0.717, 1.165) is 16.5 Å². The van der Waals surface area contributed by atoms with E-state index < -0.39 is 6.10 Å². The number of H-pyrrole nitrogens is 1. The van der Waals surface area contributed by atoms with Crippen molar-refractivity contribution >= 4 is 10.9 Å². The number of benzene rings is 2. The Hall–Kier alpha value is -2.50. The monoisotopic (exact) mass is 338 g/mol. The predicted molar refractivity (Wildman–Crippen MR) is 94.7 cm³/mol. The molecule has 1 aliphatic rings. The van der Waals surface area contributed by atoms with Crippen molar-refractivity contribution < 1.29 is 9.50 Å². The maximum absolute atomic E-state index is 13.6. The number of aromatic amines is 1. The minimum absolute atomic E-state index is 0.100. The summed E-state index contributed by atoms with van der Waals surface area (Å²) >= 11 is 0. The van der Waals surface area contributed by atoms with E-state index in [4.69, 9.17) is 0 Å². The molecule has 0 spiro atoms. The average Bonchev–Trinajstić information content (AvgIpc) is 2.96. The molecule has 3 aromatic rings. The molecule has 128 valence electrons. The molecule has 0 radical (unpaired) electrons. The van der Waals surface area contributed by atoms with Crippen LogP contribution in [0.4, 0.5) is 4.39 Å². The summed E-state index contributed by atoms with van der Waals surface area (Å²) in [6, 6.07) is 15.9. The lowest BCUT2D eigenvalue weighted by Crippen LogP contribution is -2.28. The Morgan fingerprint density at radius 1 is 1.16 bits per heavy atom. The number of nitrogens with one attached hydrogen (secondary N) is 1. The number of aliphatic hydroxyl groups is 1. The Labute approximate surface area is 144 Å². The Morgan fingerprint density at radius 2 is 2.00 bits per heavy atom. The molecule has 1 saturated heterocycles. The first-order chi connectivity index (χ1) is 12.1. The van der Waals surface area contributed by atoms with Crippen LogP contribution in [0.15, 0.2) is 59.4 Å². The smallest absolute Gasteiger partial charge is 0.252 e. The van der Waals surface area contributed by atoms with Crippen molar-refractivity contribution in [3.05, 3.63) is 81.9 Å². The zero-order valence-electron chi connectivity index (χ0n) is 13.7. The number of β-amino-alcohol motifs (C(OH)–C–C–N with tert-alkyl or cyclic N) is 1. The van der Waals surface area contributed by atoms with Crippen molar-refractivity contribution in [3.63, 3.8) is 0 Å². The first kappa shape index (κ1) is 16.0. The van der Waals surface area contributed by atoms with Crippen LogP contribution in [-0.2, 0) is 6.54 Å². The van der Waals surface area contributed by atoms with Gasteiger partial charge in [-0.05, 0) is 41.6 Å². The minimum atomic E-state index is -0.479. The van der Waals surface area contributed by atoms with Crippen molar-refractivity contribution in [2.24, 2.45) is 0 Å². The maximum Gasteiger partial charge on any atom is 0.252 e. The van der Waals surface area contributed by atoms with Crippen molar-refractivity contribution in [2.75, 3.05) is 6.54 Å². The van der Waals surface area contributed by atoms with E-state index in [-0.39, 0.29) is 17.4 Å². The van der Waals surface area contributed by atoms with Crippen LogP contribution in [0.2, 0.25) is 0 Å². The Morgan fingerprint density at radius 3 is 2.84 bits per heavy atom. The van der Waals surface area contributed by atoms with Crippen LogP contribution < -0.4 is 5.56 Å². The number of likely N-dealkylation sites (tertiary alicyclic amines) is 1. The molecule has 0 amide bonds. The largest absolute Gasteiger partial charge is 0.392 e. The number of pyridine rings is 1. The van der Waals surface area contributed by atoms with Gasteiger partial charge >= 0.3 is 0 Å². The lowest BCUT2D eigenvalue weighted by Gasteiger charge is -2.24. The first-order valence-corrected chi connectivity index (χ1v) is 8.39. The molecule has 0 bridgehead atoms. The summed E-state index contributed by atoms with van der Waals surface area (Å²) in [5.74, 6) is -0.289. The molecule has 4 rings (SSSR count). The van der Waals surface area contributed by atoms with Crippen molar-refractivity contribution in [1.29, 1.82) is 0 Å². The molecule has 0 aliphatic carbocycles. The second kappa shape index (κ2) is 6.43. The van der Waals surface area contributed by atoms with Gasteiger partial charge in [-0.3, -0.25) is 9.69 Å². The Balaban J connectivity index is 1.66. The molecule has 1 fully saturated rings. The van der Waals surface area contributed by atoms with Crippen molar-refractivity contribution in [1.82, 2.24) is 9.88 Å². The van der Waals surface area contributed by atoms with Gasteiger partial charge in [0.2, 0.25) is 0 Å². The highest BCUT2D eigenvalue weighted by Crippen LogP contribution is 2.33. The lowest BCUT2D eigenvalue weighted by atomic mass is 10.0. The summed E-state index contributed by atoms with van der Waals surface area (Å²) in [5, 5.41) is 11.1. The average molecular weight is 338 g/mol. The number of fused-ring (bicyclic) bond motifs is 1. The van der Waals surface area contributed by atoms with Gasteiger partial charge in [0.05, 0.1) is 6.10 Å². The van der Waals surface area contributed by atoms with E-state index >= 15 is 0 Å². The highest BCUT2D eigenvalue weighted by atomic mass is 19.1. The van der Waals surface area contributed by atoms with Gasteiger partial charge in [0, 0.05) is 30.2 Å². The van der Waals surface area contributed by atoms with Gasteiger partial charge in [-0.15, -0.1) is 0 Å². The van der Waals surface area contributed by atoms with Gasteiger partial charge in [-0.2, -0.15) is 0 Å². The number of aromatic nitrogens is 1. The molecule has 2 atom stereocenters. The van der Waals surface area contributed by atoms with Crippen LogP contribution in [0.25, 0.3) is 10.9 Å². The number of halogens is 1. The number of para-hydroxylation sites is 1. The van der Waals surface area contributed by atoms with Crippen LogP contribution in [0.3, 0.4) is 0 Å². The number of nitrogens with zero attached hydrogens (tertiary/aromatic N) is 1. The fourth-order valence-electron chi connectivity index (χ4n) is 3.64. The zero-order valence-corrected chi connectivity index (χ0v) is 13.7. The van der Waals surface area contributed by atoms with E-state index in [9.17, 15) is 14.3 Å². The highest BCUT2D eigenvalue weighted by Gasteiger charge is 2.32. The standard InChI is InChI=1S/C20H19FN2O2/c21-16-6-3-5-14(9-16)19-10-17(24)12-23(19)11-15-8-13-4-1-2-7-18(13)22-20(15)25/h1-9,17,19,24H,10-12H2,(H,22,25)/t17-,19+/m0/s1. The third kappa shape index (κ3) is 3.21. The van der Waals surface area contributed by atoms with E-state index in [2.05, 4.69) is 4.98 Å². The first-order valence-electron chi connectivity index (χ1n) is 8.39. The molecule has 5 heteroatoms. The summed E-state index contributed by atoms with van der Waals surface area (Å²) in [7, 11) is 0. The van der Waals surface area contributed by atoms with Crippen LogP contribution in [-0.4, -0.2) is 27.6 Å². The Bertz CT molecular complexity index is 969. The molecule has 2 heterocycles. The molecular formula is C20H19FN2O2. The second-order valence-corrected chi connectivity index (χ2v) is 6.60. The number of hydrogen-bond donors (Lipinski definition) is 2. The summed E-state index contributed by atoms with van der Waals surface area (Å²) in [6.07, 6.45) is 0.0578. The number of rotatable bonds is 3. The van der Waals surface area contributed by atoms with Gasteiger partial charge in [0.15, 0.2) is 0 Å². The number of hydrogen-bond acceptors (Lipinski definition) is 3. The van der Waals surface area contributed by atoms with E-state index in [1.54, 1.807) is 6.07 Å². The fraction of sp³-hybridized carbons (Fsp3) is 0.250. The third-order valence-corrected chi connectivity index (χ3v) is 4.82. The maximum atomic E-state index is 13.6. The summed E-state index contributed by atoms with van der Waals surface area (Å²) < 4.78 is 13.6. The van der Waals surface area contributed by atoms with E-state index in [1.165, 1.54) is 12.1 Å². The van der Waals surface area contributed by atoms with Crippen molar-refractivity contribution in [3.8, 4) is 0 Å². The van der Waals surface area contributed by atoms with Crippen LogP contribution in [0, 0.1) is 5.82 Å². The van der Waals surface area contributed by atoms with Gasteiger partial charge in [0.1, 0.15) is 5.82 Å². The van der Waals surface area contributed by atoms with Gasteiger partial charge < -0.3 is 10.1 Å². The molecule has 1 aromatic heterocycles. The second-order valence-electron chi connectivity index (χ2n) is 6.60. The molecule has 2 N–H and O–H groups in total. The molecule has 0 unspecified atom stereocenters. The molecule has 0 saturated carbocycles. The van der Waals surface area contributed by atoms with E-state index in [1.807, 2.05) is 41.3 Å². The zero-order chi connectivity index (χ0) is 17.4. The number of aliphatic hydroxyl groups excluding tert-OH is 1. The summed E-state index contributed by atoms with van der Waals surface area (Å²) in [5.41, 5.74) is 2.15. The Kier molecular flexibility index (Phi) is 4.11. The summed E-state index contributed by atoms with van der Waals surface area (Å²) in [6.45, 7) is 0.881. The molecule has 25 heavy (non-hydrogen) atoms. The summed E-state index contributed by atoms with van der Waals surface area (Å²) in [4.78, 5) is 17.3. The van der Waals surface area contributed by atoms with Crippen molar-refractivity contribution in [2.45, 2.75) is 25.1 Å². The molecular weight excluding hydrogens is 319 g/mol. The SMILES string of the molecule is O=c1[nH]c2ccccc2cc1CN1C[C@@H](O)C[C@@H]1c1cccc(F)c1. The topological polar surface area (TPSA) is 56.3 Å². The normalized spacial score (nSPS) is 21.0. The lowest BCUT2D eigenvalue weighted by molar-refractivity contribution is 0.172. The van der Waals surface area contributed by atoms with Gasteiger partial charge in [0.25, 0.3) is 5.56 Å². The minimum Gasteiger partial charge on any atom is -0.392 e. The molecule has 4 nitrogen and oxygen atoms in total. The highest BCUT2D eigenvalue weighted by molar-refractivity contribution is 5.78. The van der Waals surface area contributed by atoms with Crippen LogP contribution in [0.1, 0.15) is 23.6 Å². The predicted octanol–water partition coefficient (Wildman–Crippen LogP) is 2.98. The third-order valence-electron chi connectivity index (χ3n) is 4.82. The van der Waals surface area contributed by atoms with E-state index in [0.29, 0.717) is 25.1 Å². The van der Waals surface area contributed by atoms with Crippen LogP contribution >= 0.6 is 0 Å². The molecule has 1 aliphatic heterocycles. The molecule has 2 aromatic carbocycles. The van der Waals surface area contributed by atoms with Gasteiger partial charge in [-0.1, -0.05) is 30.3 Å². The van der Waals surface area contributed by atoms with Crippen LogP contribution in [0.5, 0.6) is 0 Å². The quantitative estimate of drug-likeness (QED) is 0.772. The fourth-order valence-corrected chi connectivity index (χ4v) is 3.64.